The van der Waals surface area contributed by atoms with Crippen LogP contribution in [0.4, 0.5) is 0 Å². The van der Waals surface area contributed by atoms with Crippen LogP contribution in [-0.2, 0) is 0 Å². The predicted octanol–water partition coefficient (Wildman–Crippen LogP) is 3.22. The fourth-order valence-electron chi connectivity index (χ4n) is 2.59. The highest BCUT2D eigenvalue weighted by atomic mass is 16.3. The summed E-state index contributed by atoms with van der Waals surface area (Å²) in [4.78, 5) is 2.45. The molecule has 2 fully saturated rings. The lowest BCUT2D eigenvalue weighted by Gasteiger charge is -2.28. The third kappa shape index (κ3) is 3.08. The third-order valence-electron chi connectivity index (χ3n) is 3.39. The van der Waals surface area contributed by atoms with Gasteiger partial charge in [-0.05, 0) is 32.7 Å². The van der Waals surface area contributed by atoms with Gasteiger partial charge in [0.2, 0.25) is 0 Å². The molecular formula is C14H29NO. The molecule has 0 bridgehead atoms. The summed E-state index contributed by atoms with van der Waals surface area (Å²) in [5, 5.41) is 9.37. The van der Waals surface area contributed by atoms with Crippen LogP contribution in [0, 0.1) is 0 Å². The van der Waals surface area contributed by atoms with Crippen LogP contribution in [0.2, 0.25) is 0 Å². The van der Waals surface area contributed by atoms with E-state index in [2.05, 4.69) is 17.9 Å². The number of hydrogen-bond acceptors (Lipinski definition) is 2. The van der Waals surface area contributed by atoms with E-state index in [9.17, 15) is 5.11 Å². The van der Waals surface area contributed by atoms with Crippen molar-refractivity contribution in [1.82, 2.24) is 4.90 Å². The van der Waals surface area contributed by atoms with Crippen molar-refractivity contribution < 1.29 is 5.11 Å². The van der Waals surface area contributed by atoms with Crippen LogP contribution in [0.5, 0.6) is 0 Å². The Hall–Kier alpha value is -0.340. The lowest BCUT2D eigenvalue weighted by molar-refractivity contribution is 0.1000. The minimum atomic E-state index is 0.141. The van der Waals surface area contributed by atoms with Crippen molar-refractivity contribution in [3.05, 3.63) is 11.6 Å². The zero-order valence-corrected chi connectivity index (χ0v) is 11.7. The van der Waals surface area contributed by atoms with Crippen LogP contribution in [0.1, 0.15) is 53.9 Å². The monoisotopic (exact) mass is 227 g/mol. The summed E-state index contributed by atoms with van der Waals surface area (Å²) in [6.45, 7) is 12.7. The molecular weight excluding hydrogens is 198 g/mol. The Bertz CT molecular complexity index is 213. The molecule has 2 rings (SSSR count). The molecule has 2 saturated heterocycles. The maximum Gasteiger partial charge on any atom is 0.0618 e. The van der Waals surface area contributed by atoms with Gasteiger partial charge in [-0.2, -0.15) is 0 Å². The summed E-state index contributed by atoms with van der Waals surface area (Å²) in [6, 6.07) is 0. The third-order valence-corrected chi connectivity index (χ3v) is 3.39. The molecule has 2 nitrogen and oxygen atoms in total. The van der Waals surface area contributed by atoms with Gasteiger partial charge in [-0.15, -0.1) is 0 Å². The van der Waals surface area contributed by atoms with Crippen LogP contribution in [-0.4, -0.2) is 35.2 Å². The maximum absolute atomic E-state index is 9.37. The van der Waals surface area contributed by atoms with Gasteiger partial charge in [-0.1, -0.05) is 39.3 Å². The number of hydrogen-bond donors (Lipinski definition) is 1. The molecule has 0 aliphatic carbocycles. The Morgan fingerprint density at radius 2 is 1.94 bits per heavy atom. The van der Waals surface area contributed by atoms with Gasteiger partial charge in [0.05, 0.1) is 6.61 Å². The summed E-state index contributed by atoms with van der Waals surface area (Å²) in [5.74, 6) is 0. The van der Waals surface area contributed by atoms with Gasteiger partial charge in [0.1, 0.15) is 0 Å². The molecule has 0 amide bonds. The Kier molecular flexibility index (Phi) is 7.69. The average molecular weight is 227 g/mol. The smallest absolute Gasteiger partial charge is 0.0618 e. The van der Waals surface area contributed by atoms with E-state index < -0.39 is 0 Å². The van der Waals surface area contributed by atoms with E-state index >= 15 is 0 Å². The summed E-state index contributed by atoms with van der Waals surface area (Å²) in [7, 11) is 0. The highest BCUT2D eigenvalue weighted by molar-refractivity contribution is 5.19. The first-order chi connectivity index (χ1) is 7.80. The Balaban J connectivity index is 0.000000509. The van der Waals surface area contributed by atoms with Gasteiger partial charge in [0.15, 0.2) is 0 Å². The highest BCUT2D eigenvalue weighted by Crippen LogP contribution is 2.40. The maximum atomic E-state index is 9.37. The first kappa shape index (κ1) is 15.7. The molecule has 2 heterocycles. The molecule has 1 N–H and O–H groups in total. The lowest BCUT2D eigenvalue weighted by atomic mass is 9.93. The van der Waals surface area contributed by atoms with E-state index in [1.165, 1.54) is 25.0 Å². The number of allylic oxidation sites excluding steroid dienone is 1. The number of rotatable bonds is 1. The van der Waals surface area contributed by atoms with E-state index in [0.717, 1.165) is 13.0 Å². The summed E-state index contributed by atoms with van der Waals surface area (Å²) in [5.41, 5.74) is 1.64. The predicted molar refractivity (Wildman–Crippen MR) is 71.7 cm³/mol. The van der Waals surface area contributed by atoms with Crippen molar-refractivity contribution in [3.63, 3.8) is 0 Å². The molecule has 0 aromatic heterocycles. The second-order valence-electron chi connectivity index (χ2n) is 4.03. The molecule has 2 aliphatic rings. The minimum absolute atomic E-state index is 0.141. The molecule has 96 valence electrons. The quantitative estimate of drug-likeness (QED) is 0.695. The molecule has 2 aliphatic heterocycles. The van der Waals surface area contributed by atoms with Gasteiger partial charge >= 0.3 is 0 Å². The van der Waals surface area contributed by atoms with Crippen molar-refractivity contribution in [2.24, 2.45) is 0 Å². The van der Waals surface area contributed by atoms with E-state index in [4.69, 9.17) is 0 Å². The molecule has 0 saturated carbocycles. The largest absolute Gasteiger partial charge is 0.394 e. The Morgan fingerprint density at radius 3 is 2.38 bits per heavy atom. The van der Waals surface area contributed by atoms with E-state index in [-0.39, 0.29) is 5.54 Å². The Morgan fingerprint density at radius 1 is 1.31 bits per heavy atom. The van der Waals surface area contributed by atoms with Crippen LogP contribution in [0.25, 0.3) is 0 Å². The van der Waals surface area contributed by atoms with Crippen LogP contribution in [0.3, 0.4) is 0 Å². The van der Waals surface area contributed by atoms with E-state index in [1.54, 1.807) is 0 Å². The summed E-state index contributed by atoms with van der Waals surface area (Å²) < 4.78 is 0. The molecule has 0 aromatic carbocycles. The molecule has 2 heteroatoms. The molecule has 1 atom stereocenters. The summed E-state index contributed by atoms with van der Waals surface area (Å²) in [6.07, 6.45) is 5.74. The normalized spacial score (nSPS) is 30.2. The fraction of sp³-hybridized carbons (Fsp3) is 0.857. The number of aliphatic hydroxyl groups is 1. The fourth-order valence-corrected chi connectivity index (χ4v) is 2.59. The first-order valence-corrected chi connectivity index (χ1v) is 6.81. The van der Waals surface area contributed by atoms with E-state index in [1.807, 2.05) is 27.7 Å². The van der Waals surface area contributed by atoms with Crippen molar-refractivity contribution in [1.29, 1.82) is 0 Å². The van der Waals surface area contributed by atoms with Crippen molar-refractivity contribution in [3.8, 4) is 0 Å². The van der Waals surface area contributed by atoms with Crippen molar-refractivity contribution >= 4 is 0 Å². The van der Waals surface area contributed by atoms with Crippen molar-refractivity contribution in [2.45, 2.75) is 59.4 Å². The first-order valence-electron chi connectivity index (χ1n) is 6.81. The molecule has 16 heavy (non-hydrogen) atoms. The molecule has 0 aromatic rings. The van der Waals surface area contributed by atoms with Gasteiger partial charge in [0.25, 0.3) is 0 Å². The lowest BCUT2D eigenvalue weighted by Crippen LogP contribution is -2.41. The Labute approximate surface area is 101 Å². The van der Waals surface area contributed by atoms with E-state index in [0.29, 0.717) is 6.61 Å². The van der Waals surface area contributed by atoms with Gasteiger partial charge in [-0.3, -0.25) is 4.90 Å². The molecule has 0 unspecified atom stereocenters. The van der Waals surface area contributed by atoms with Gasteiger partial charge < -0.3 is 5.11 Å². The second kappa shape index (κ2) is 7.86. The summed E-state index contributed by atoms with van der Waals surface area (Å²) >= 11 is 0. The van der Waals surface area contributed by atoms with Crippen LogP contribution < -0.4 is 0 Å². The molecule has 0 spiro atoms. The minimum Gasteiger partial charge on any atom is -0.394 e. The van der Waals surface area contributed by atoms with Crippen LogP contribution >= 0.6 is 0 Å². The number of fused-ring (bicyclic) bond motifs is 1. The highest BCUT2D eigenvalue weighted by Gasteiger charge is 2.45. The zero-order valence-electron chi connectivity index (χ0n) is 11.7. The SMILES string of the molecule is C/C=C1\CN2CCC[C@@]2(CO)C1.CC.CC. The van der Waals surface area contributed by atoms with Gasteiger partial charge in [-0.25, -0.2) is 0 Å². The number of aliphatic hydroxyl groups excluding tert-OH is 1. The standard InChI is InChI=1S/C10H17NO.2C2H6/c1-2-9-6-10(8-12)4-3-5-11(10)7-9;2*1-2/h2,12H,3-8H2,1H3;2*1-2H3/b9-2-;;/t10-;;/m0../s1. The zero-order chi connectivity index (χ0) is 12.6. The molecule has 0 radical (unpaired) electrons. The van der Waals surface area contributed by atoms with Gasteiger partial charge in [0, 0.05) is 12.1 Å². The van der Waals surface area contributed by atoms with Crippen LogP contribution in [0.15, 0.2) is 11.6 Å². The number of nitrogens with zero attached hydrogens (tertiary/aromatic N) is 1. The van der Waals surface area contributed by atoms with Crippen molar-refractivity contribution in [2.75, 3.05) is 19.7 Å². The topological polar surface area (TPSA) is 23.5 Å². The average Bonchev–Trinajstić information content (AvgIpc) is 2.90. The second-order valence-corrected chi connectivity index (χ2v) is 4.03.